The Kier molecular flexibility index (Phi) is 4.40. The first kappa shape index (κ1) is 15.5. The summed E-state index contributed by atoms with van der Waals surface area (Å²) < 4.78 is 25.8. The molecule has 1 saturated heterocycles. The van der Waals surface area contributed by atoms with Gasteiger partial charge >= 0.3 is 0 Å². The minimum Gasteiger partial charge on any atom is -0.468 e. The third kappa shape index (κ3) is 3.12. The second-order valence-electron chi connectivity index (χ2n) is 6.22. The molecule has 4 rings (SSSR count). The van der Waals surface area contributed by atoms with E-state index < -0.39 is 5.82 Å². The van der Waals surface area contributed by atoms with Gasteiger partial charge in [0, 0.05) is 31.5 Å². The molecule has 2 aliphatic rings. The molecular weight excluding hydrogens is 309 g/mol. The largest absolute Gasteiger partial charge is 0.468 e. The lowest BCUT2D eigenvalue weighted by Gasteiger charge is -2.30. The van der Waals surface area contributed by atoms with E-state index in [9.17, 15) is 4.39 Å². The van der Waals surface area contributed by atoms with E-state index in [1.54, 1.807) is 18.5 Å². The third-order valence-electron chi connectivity index (χ3n) is 4.74. The second-order valence-corrected chi connectivity index (χ2v) is 6.22. The fraction of sp³-hybridized carbons (Fsp3) is 0.444. The minimum absolute atomic E-state index is 0.00913. The van der Waals surface area contributed by atoms with Gasteiger partial charge in [0.05, 0.1) is 18.4 Å². The molecule has 2 aromatic rings. The highest BCUT2D eigenvalue weighted by Crippen LogP contribution is 2.33. The molecule has 0 radical (unpaired) electrons. The molecule has 1 saturated carbocycles. The molecule has 126 valence electrons. The topological polar surface area (TPSA) is 47.5 Å². The van der Waals surface area contributed by atoms with Crippen molar-refractivity contribution in [3.05, 3.63) is 54.2 Å². The molecular formula is C18H20FN3O2. The van der Waals surface area contributed by atoms with Crippen LogP contribution in [-0.2, 0) is 11.3 Å². The van der Waals surface area contributed by atoms with Crippen LogP contribution in [0.3, 0.4) is 0 Å². The molecule has 2 fully saturated rings. The van der Waals surface area contributed by atoms with Gasteiger partial charge in [0.25, 0.3) is 5.88 Å². The van der Waals surface area contributed by atoms with Gasteiger partial charge in [-0.25, -0.2) is 9.37 Å². The van der Waals surface area contributed by atoms with Crippen molar-refractivity contribution in [2.24, 2.45) is 0 Å². The summed E-state index contributed by atoms with van der Waals surface area (Å²) in [6, 6.07) is 9.04. The number of ether oxygens (including phenoxy) is 2. The van der Waals surface area contributed by atoms with Crippen molar-refractivity contribution in [3.63, 3.8) is 0 Å². The lowest BCUT2D eigenvalue weighted by atomic mass is 10.1. The summed E-state index contributed by atoms with van der Waals surface area (Å²) in [5.74, 6) is -0.375. The first-order chi connectivity index (χ1) is 11.8. The standard InChI is InChI=1S/C18H20FN3O2/c19-14-5-3-9-21-18(14)24-17-15-6-7-16(17)23-11-10-22(15)12-13-4-1-2-8-20-13/h1-5,8-9,15-17H,6-7,10-12H2. The minimum atomic E-state index is -0.433. The Bertz CT molecular complexity index is 685. The Morgan fingerprint density at radius 1 is 1.17 bits per heavy atom. The van der Waals surface area contributed by atoms with E-state index >= 15 is 0 Å². The molecule has 1 aliphatic carbocycles. The quantitative estimate of drug-likeness (QED) is 0.862. The van der Waals surface area contributed by atoms with Gasteiger partial charge < -0.3 is 9.47 Å². The zero-order valence-electron chi connectivity index (χ0n) is 13.3. The van der Waals surface area contributed by atoms with Gasteiger partial charge in [-0.15, -0.1) is 0 Å². The van der Waals surface area contributed by atoms with E-state index in [1.807, 2.05) is 18.2 Å². The zero-order chi connectivity index (χ0) is 16.4. The van der Waals surface area contributed by atoms with Crippen molar-refractivity contribution in [2.75, 3.05) is 13.2 Å². The van der Waals surface area contributed by atoms with Crippen molar-refractivity contribution in [1.82, 2.24) is 14.9 Å². The number of rotatable bonds is 4. The predicted octanol–water partition coefficient (Wildman–Crippen LogP) is 2.43. The normalized spacial score (nSPS) is 27.0. The van der Waals surface area contributed by atoms with Crippen molar-refractivity contribution in [3.8, 4) is 5.88 Å². The first-order valence-corrected chi connectivity index (χ1v) is 8.34. The van der Waals surface area contributed by atoms with E-state index in [1.165, 1.54) is 6.07 Å². The number of aromatic nitrogens is 2. The van der Waals surface area contributed by atoms with Crippen molar-refractivity contribution >= 4 is 0 Å². The molecule has 5 nitrogen and oxygen atoms in total. The highest BCUT2D eigenvalue weighted by Gasteiger charge is 2.44. The van der Waals surface area contributed by atoms with Gasteiger partial charge in [-0.3, -0.25) is 9.88 Å². The van der Waals surface area contributed by atoms with E-state index in [0.717, 1.165) is 31.6 Å². The van der Waals surface area contributed by atoms with Gasteiger partial charge in [-0.1, -0.05) is 6.07 Å². The van der Waals surface area contributed by atoms with Crippen molar-refractivity contribution in [1.29, 1.82) is 0 Å². The maximum atomic E-state index is 13.9. The predicted molar refractivity (Wildman–Crippen MR) is 86.0 cm³/mol. The summed E-state index contributed by atoms with van der Waals surface area (Å²) in [5.41, 5.74) is 1.02. The van der Waals surface area contributed by atoms with Crippen molar-refractivity contribution < 1.29 is 13.9 Å². The van der Waals surface area contributed by atoms with E-state index in [4.69, 9.17) is 9.47 Å². The first-order valence-electron chi connectivity index (χ1n) is 8.34. The lowest BCUT2D eigenvalue weighted by molar-refractivity contribution is 0.000128. The fourth-order valence-corrected chi connectivity index (χ4v) is 3.60. The Morgan fingerprint density at radius 3 is 2.92 bits per heavy atom. The average Bonchev–Trinajstić information content (AvgIpc) is 2.91. The zero-order valence-corrected chi connectivity index (χ0v) is 13.3. The Morgan fingerprint density at radius 2 is 2.08 bits per heavy atom. The molecule has 0 aromatic carbocycles. The Labute approximate surface area is 140 Å². The molecule has 3 atom stereocenters. The van der Waals surface area contributed by atoms with Crippen LogP contribution in [0.2, 0.25) is 0 Å². The average molecular weight is 329 g/mol. The summed E-state index contributed by atoms with van der Waals surface area (Å²) in [7, 11) is 0. The van der Waals surface area contributed by atoms with Gasteiger partial charge in [0.1, 0.15) is 6.10 Å². The molecule has 0 N–H and O–H groups in total. The highest BCUT2D eigenvalue weighted by atomic mass is 19.1. The van der Waals surface area contributed by atoms with E-state index in [-0.39, 0.29) is 24.1 Å². The fourth-order valence-electron chi connectivity index (χ4n) is 3.60. The number of fused-ring (bicyclic) bond motifs is 2. The molecule has 24 heavy (non-hydrogen) atoms. The third-order valence-corrected chi connectivity index (χ3v) is 4.74. The molecule has 2 aromatic heterocycles. The van der Waals surface area contributed by atoms with Crippen LogP contribution in [0.5, 0.6) is 5.88 Å². The Hall–Kier alpha value is -2.05. The number of halogens is 1. The van der Waals surface area contributed by atoms with Crippen LogP contribution in [0.1, 0.15) is 18.5 Å². The van der Waals surface area contributed by atoms with Crippen LogP contribution in [0.4, 0.5) is 4.39 Å². The second kappa shape index (κ2) is 6.83. The van der Waals surface area contributed by atoms with Crippen LogP contribution in [-0.4, -0.2) is 46.3 Å². The molecule has 3 unspecified atom stereocenters. The van der Waals surface area contributed by atoms with Crippen LogP contribution >= 0.6 is 0 Å². The number of hydrogen-bond acceptors (Lipinski definition) is 5. The summed E-state index contributed by atoms with van der Waals surface area (Å²) in [5, 5.41) is 0. The molecule has 1 aliphatic heterocycles. The molecule has 0 amide bonds. The summed E-state index contributed by atoms with van der Waals surface area (Å²) in [6.45, 7) is 2.22. The number of nitrogens with zero attached hydrogens (tertiary/aromatic N) is 3. The highest BCUT2D eigenvalue weighted by molar-refractivity contribution is 5.15. The summed E-state index contributed by atoms with van der Waals surface area (Å²) >= 11 is 0. The number of hydrogen-bond donors (Lipinski definition) is 0. The van der Waals surface area contributed by atoms with E-state index in [2.05, 4.69) is 14.9 Å². The van der Waals surface area contributed by atoms with Gasteiger partial charge in [0.2, 0.25) is 0 Å². The SMILES string of the molecule is Fc1cccnc1OC1C2CCC1N(Cc1ccccn1)CCO2. The van der Waals surface area contributed by atoms with Crippen LogP contribution < -0.4 is 4.74 Å². The van der Waals surface area contributed by atoms with Crippen LogP contribution in [0.25, 0.3) is 0 Å². The molecule has 3 heterocycles. The Balaban J connectivity index is 1.54. The molecule has 6 heteroatoms. The van der Waals surface area contributed by atoms with Gasteiger partial charge in [-0.05, 0) is 37.1 Å². The summed E-state index contributed by atoms with van der Waals surface area (Å²) in [6.07, 6.45) is 5.02. The van der Waals surface area contributed by atoms with Gasteiger partial charge in [-0.2, -0.15) is 0 Å². The van der Waals surface area contributed by atoms with Gasteiger partial charge in [0.15, 0.2) is 5.82 Å². The maximum Gasteiger partial charge on any atom is 0.250 e. The van der Waals surface area contributed by atoms with E-state index in [0.29, 0.717) is 6.61 Å². The molecule has 0 spiro atoms. The number of pyridine rings is 2. The van der Waals surface area contributed by atoms with Crippen LogP contribution in [0.15, 0.2) is 42.7 Å². The summed E-state index contributed by atoms with van der Waals surface area (Å²) in [4.78, 5) is 10.8. The molecule has 2 bridgehead atoms. The van der Waals surface area contributed by atoms with Crippen molar-refractivity contribution in [2.45, 2.75) is 37.6 Å². The lowest BCUT2D eigenvalue weighted by Crippen LogP contribution is -2.44. The smallest absolute Gasteiger partial charge is 0.250 e. The monoisotopic (exact) mass is 329 g/mol. The van der Waals surface area contributed by atoms with Crippen LogP contribution in [0, 0.1) is 5.82 Å². The maximum absolute atomic E-state index is 13.9.